The highest BCUT2D eigenvalue weighted by Gasteiger charge is 2.11. The predicted molar refractivity (Wildman–Crippen MR) is 63.5 cm³/mol. The van der Waals surface area contributed by atoms with E-state index in [4.69, 9.17) is 11.1 Å². The Morgan fingerprint density at radius 1 is 1.56 bits per heavy atom. The molecule has 2 heterocycles. The van der Waals surface area contributed by atoms with Crippen molar-refractivity contribution in [1.82, 2.24) is 19.9 Å². The zero-order chi connectivity index (χ0) is 11.5. The predicted octanol–water partition coefficient (Wildman–Crippen LogP) is 1.16. The van der Waals surface area contributed by atoms with Gasteiger partial charge in [0.15, 0.2) is 5.65 Å². The van der Waals surface area contributed by atoms with Gasteiger partial charge in [0.25, 0.3) is 0 Å². The number of rotatable bonds is 4. The molecule has 0 fully saturated rings. The van der Waals surface area contributed by atoms with Crippen LogP contribution in [0, 0.1) is 5.41 Å². The summed E-state index contributed by atoms with van der Waals surface area (Å²) in [5, 5.41) is 8.29. The van der Waals surface area contributed by atoms with Gasteiger partial charge in [-0.1, -0.05) is 6.92 Å². The molecule has 0 spiro atoms. The first-order valence-corrected chi connectivity index (χ1v) is 5.68. The fourth-order valence-corrected chi connectivity index (χ4v) is 2.39. The van der Waals surface area contributed by atoms with Gasteiger partial charge in [-0.3, -0.25) is 5.41 Å². The van der Waals surface area contributed by atoms with E-state index < -0.39 is 0 Å². The maximum absolute atomic E-state index is 7.24. The number of amidine groups is 1. The summed E-state index contributed by atoms with van der Waals surface area (Å²) < 4.78 is 0. The van der Waals surface area contributed by atoms with E-state index in [1.54, 1.807) is 18.1 Å². The van der Waals surface area contributed by atoms with Crippen LogP contribution in [-0.2, 0) is 0 Å². The smallest absolute Gasteiger partial charge is 0.181 e. The molecule has 84 valence electrons. The Kier molecular flexibility index (Phi) is 3.04. The summed E-state index contributed by atoms with van der Waals surface area (Å²) in [6, 6.07) is 0. The van der Waals surface area contributed by atoms with Crippen molar-refractivity contribution in [1.29, 1.82) is 5.41 Å². The van der Waals surface area contributed by atoms with Crippen LogP contribution in [0.25, 0.3) is 11.2 Å². The monoisotopic (exact) mass is 236 g/mol. The van der Waals surface area contributed by atoms with E-state index in [0.29, 0.717) is 12.1 Å². The van der Waals surface area contributed by atoms with E-state index in [0.717, 1.165) is 10.5 Å². The number of fused-ring (bicyclic) bond motifs is 1. The van der Waals surface area contributed by atoms with Crippen molar-refractivity contribution in [3.8, 4) is 0 Å². The van der Waals surface area contributed by atoms with Crippen LogP contribution in [0.15, 0.2) is 17.7 Å². The zero-order valence-electron chi connectivity index (χ0n) is 8.77. The van der Waals surface area contributed by atoms with Gasteiger partial charge in [0.2, 0.25) is 0 Å². The third kappa shape index (κ3) is 2.30. The van der Waals surface area contributed by atoms with Crippen LogP contribution in [-0.4, -0.2) is 31.0 Å². The van der Waals surface area contributed by atoms with Crippen molar-refractivity contribution < 1.29 is 0 Å². The Morgan fingerprint density at radius 2 is 2.38 bits per heavy atom. The van der Waals surface area contributed by atoms with Gasteiger partial charge < -0.3 is 10.7 Å². The number of hydrogen-bond donors (Lipinski definition) is 3. The lowest BCUT2D eigenvalue weighted by molar-refractivity contribution is 0.984. The highest BCUT2D eigenvalue weighted by atomic mass is 32.2. The molecule has 1 atom stereocenters. The van der Waals surface area contributed by atoms with E-state index in [1.807, 2.05) is 6.92 Å². The van der Waals surface area contributed by atoms with Crippen molar-refractivity contribution >= 4 is 28.8 Å². The number of aromatic amines is 1. The Hall–Kier alpha value is -1.63. The minimum Gasteiger partial charge on any atom is -0.388 e. The summed E-state index contributed by atoms with van der Waals surface area (Å²) >= 11 is 1.56. The van der Waals surface area contributed by atoms with Gasteiger partial charge in [-0.2, -0.15) is 0 Å². The normalized spacial score (nSPS) is 12.8. The van der Waals surface area contributed by atoms with Crippen molar-refractivity contribution in [2.24, 2.45) is 5.73 Å². The highest BCUT2D eigenvalue weighted by molar-refractivity contribution is 8.00. The molecule has 0 aliphatic heterocycles. The Balaban J connectivity index is 2.20. The van der Waals surface area contributed by atoms with Crippen LogP contribution in [0.5, 0.6) is 0 Å². The van der Waals surface area contributed by atoms with Gasteiger partial charge in [-0.05, 0) is 0 Å². The lowest BCUT2D eigenvalue weighted by Crippen LogP contribution is -2.15. The van der Waals surface area contributed by atoms with Crippen molar-refractivity contribution in [2.75, 3.05) is 0 Å². The Morgan fingerprint density at radius 3 is 3.12 bits per heavy atom. The van der Waals surface area contributed by atoms with Crippen LogP contribution in [0.2, 0.25) is 0 Å². The van der Waals surface area contributed by atoms with Crippen LogP contribution >= 0.6 is 11.8 Å². The highest BCUT2D eigenvalue weighted by Crippen LogP contribution is 2.27. The summed E-state index contributed by atoms with van der Waals surface area (Å²) in [5.74, 6) is 0.190. The van der Waals surface area contributed by atoms with Gasteiger partial charge >= 0.3 is 0 Å². The molecule has 0 aliphatic rings. The molecule has 1 unspecified atom stereocenters. The van der Waals surface area contributed by atoms with E-state index in [2.05, 4.69) is 19.9 Å². The molecular formula is C9H12N6S. The largest absolute Gasteiger partial charge is 0.388 e. The average Bonchev–Trinajstić information content (AvgIpc) is 2.65. The number of thioether (sulfide) groups is 1. The molecule has 0 aliphatic carbocycles. The molecule has 0 saturated heterocycles. The summed E-state index contributed by atoms with van der Waals surface area (Å²) in [6.07, 6.45) is 3.63. The average molecular weight is 236 g/mol. The molecule has 6 nitrogen and oxygen atoms in total. The van der Waals surface area contributed by atoms with Crippen LogP contribution in [0.3, 0.4) is 0 Å². The molecule has 0 amide bonds. The zero-order valence-corrected chi connectivity index (χ0v) is 9.58. The van der Waals surface area contributed by atoms with Crippen LogP contribution in [0.1, 0.15) is 13.3 Å². The maximum Gasteiger partial charge on any atom is 0.181 e. The number of nitrogens with zero attached hydrogens (tertiary/aromatic N) is 3. The second kappa shape index (κ2) is 4.48. The molecule has 0 radical (unpaired) electrons. The number of H-pyrrole nitrogens is 1. The van der Waals surface area contributed by atoms with Crippen molar-refractivity contribution in [2.45, 2.75) is 23.6 Å². The first-order chi connectivity index (χ1) is 7.66. The standard InChI is InChI=1S/C9H12N6S/c1-5(2-6(10)11)16-9-7-8(13-3-12-7)14-4-15-9/h3-5H,2H2,1H3,(H3,10,11)(H,12,13,14,15). The molecule has 0 saturated carbocycles. The van der Waals surface area contributed by atoms with E-state index in [1.165, 1.54) is 6.33 Å². The number of imidazole rings is 1. The van der Waals surface area contributed by atoms with E-state index in [-0.39, 0.29) is 11.1 Å². The van der Waals surface area contributed by atoms with E-state index in [9.17, 15) is 0 Å². The molecule has 7 heteroatoms. The third-order valence-corrected chi connectivity index (χ3v) is 3.11. The summed E-state index contributed by atoms with van der Waals surface area (Å²) in [5.41, 5.74) is 6.85. The van der Waals surface area contributed by atoms with Gasteiger partial charge in [0.05, 0.1) is 12.2 Å². The summed E-state index contributed by atoms with van der Waals surface area (Å²) in [7, 11) is 0. The third-order valence-electron chi connectivity index (χ3n) is 2.01. The molecule has 2 aromatic rings. The van der Waals surface area contributed by atoms with Crippen molar-refractivity contribution in [3.63, 3.8) is 0 Å². The second-order valence-electron chi connectivity index (χ2n) is 3.44. The first-order valence-electron chi connectivity index (χ1n) is 4.80. The molecule has 16 heavy (non-hydrogen) atoms. The number of nitrogens with two attached hydrogens (primary N) is 1. The van der Waals surface area contributed by atoms with Crippen LogP contribution < -0.4 is 5.73 Å². The molecule has 0 bridgehead atoms. The summed E-state index contributed by atoms with van der Waals surface area (Å²) in [6.45, 7) is 2.01. The van der Waals surface area contributed by atoms with Gasteiger partial charge in [0.1, 0.15) is 16.9 Å². The van der Waals surface area contributed by atoms with Gasteiger partial charge in [-0.15, -0.1) is 11.8 Å². The fraction of sp³-hybridized carbons (Fsp3) is 0.333. The maximum atomic E-state index is 7.24. The number of aromatic nitrogens is 4. The number of hydrogen-bond acceptors (Lipinski definition) is 5. The van der Waals surface area contributed by atoms with E-state index >= 15 is 0 Å². The van der Waals surface area contributed by atoms with Gasteiger partial charge in [-0.25, -0.2) is 15.0 Å². The SMILES string of the molecule is CC(CC(=N)N)Sc1ncnc2nc[nH]c12. The lowest BCUT2D eigenvalue weighted by Gasteiger charge is -2.08. The quantitative estimate of drug-likeness (QED) is 0.320. The van der Waals surface area contributed by atoms with Gasteiger partial charge in [0, 0.05) is 11.7 Å². The molecule has 0 aromatic carbocycles. The molecule has 4 N–H and O–H groups in total. The Labute approximate surface area is 96.6 Å². The minimum atomic E-state index is 0.190. The topological polar surface area (TPSA) is 104 Å². The molecular weight excluding hydrogens is 224 g/mol. The van der Waals surface area contributed by atoms with Crippen LogP contribution in [0.4, 0.5) is 0 Å². The second-order valence-corrected chi connectivity index (χ2v) is 4.86. The van der Waals surface area contributed by atoms with Crippen molar-refractivity contribution in [3.05, 3.63) is 12.7 Å². The minimum absolute atomic E-state index is 0.190. The fourth-order valence-electron chi connectivity index (χ4n) is 1.37. The lowest BCUT2D eigenvalue weighted by atomic mass is 10.3. The molecule has 2 rings (SSSR count). The molecule has 2 aromatic heterocycles. The Bertz CT molecular complexity index is 507. The summed E-state index contributed by atoms with van der Waals surface area (Å²) in [4.78, 5) is 15.3. The first kappa shape index (κ1) is 10.9. The number of nitrogens with one attached hydrogen (secondary N) is 2.